The van der Waals surface area contributed by atoms with Crippen molar-refractivity contribution in [1.82, 2.24) is 0 Å². The Morgan fingerprint density at radius 2 is 1.79 bits per heavy atom. The van der Waals surface area contributed by atoms with Gasteiger partial charge in [-0.3, -0.25) is 0 Å². The molecular formula is C20H19ClN2S. The van der Waals surface area contributed by atoms with Crippen molar-refractivity contribution in [3.63, 3.8) is 0 Å². The molecule has 2 aromatic rings. The molecule has 0 bridgehead atoms. The van der Waals surface area contributed by atoms with E-state index in [-0.39, 0.29) is 0 Å². The largest absolute Gasteiger partial charge is 0.355 e. The van der Waals surface area contributed by atoms with Crippen molar-refractivity contribution < 1.29 is 0 Å². The number of benzene rings is 2. The van der Waals surface area contributed by atoms with Crippen molar-refractivity contribution in [2.75, 3.05) is 23.4 Å². The predicted molar refractivity (Wildman–Crippen MR) is 106 cm³/mol. The third-order valence-corrected chi connectivity index (χ3v) is 6.16. The maximum absolute atomic E-state index is 6.46. The number of hydrogen-bond donors (Lipinski definition) is 0. The lowest BCUT2D eigenvalue weighted by Crippen LogP contribution is -2.27. The molecule has 2 aliphatic rings. The smallest absolute Gasteiger partial charge is 0.109 e. The summed E-state index contributed by atoms with van der Waals surface area (Å²) in [6, 6.07) is 17.0. The Morgan fingerprint density at radius 3 is 2.58 bits per heavy atom. The lowest BCUT2D eigenvalue weighted by molar-refractivity contribution is 0.878. The quantitative estimate of drug-likeness (QED) is 0.652. The third-order valence-electron chi connectivity index (χ3n) is 4.56. The summed E-state index contributed by atoms with van der Waals surface area (Å²) in [5, 5.41) is 1.04. The second kappa shape index (κ2) is 6.23. The minimum Gasteiger partial charge on any atom is -0.355 e. The van der Waals surface area contributed by atoms with E-state index in [1.54, 1.807) is 0 Å². The summed E-state index contributed by atoms with van der Waals surface area (Å²) in [7, 11) is 2.01. The monoisotopic (exact) mass is 354 g/mol. The van der Waals surface area contributed by atoms with E-state index in [2.05, 4.69) is 72.5 Å². The Kier molecular flexibility index (Phi) is 4.07. The number of allylic oxidation sites excluding steroid dienone is 2. The number of hydrogen-bond acceptors (Lipinski definition) is 3. The SMILES string of the molecule is CCN1c2ccccc2SC1C=C1C=C(Cl)N(C)c2ccccc21. The van der Waals surface area contributed by atoms with Gasteiger partial charge in [-0.2, -0.15) is 0 Å². The molecule has 0 saturated heterocycles. The first kappa shape index (κ1) is 15.7. The van der Waals surface area contributed by atoms with Crippen LogP contribution in [0.2, 0.25) is 0 Å². The van der Waals surface area contributed by atoms with Crippen LogP contribution in [0.1, 0.15) is 12.5 Å². The Morgan fingerprint density at radius 1 is 1.08 bits per heavy atom. The van der Waals surface area contributed by atoms with Crippen LogP contribution in [-0.2, 0) is 0 Å². The summed E-state index contributed by atoms with van der Waals surface area (Å²) in [5.41, 5.74) is 4.90. The standard InChI is InChI=1S/C20H19ClN2S/c1-3-23-17-10-6-7-11-18(17)24-20(23)13-14-12-19(21)22(2)16-9-5-4-8-15(14)16/h4-13,20H,3H2,1-2H3. The van der Waals surface area contributed by atoms with Gasteiger partial charge in [0.25, 0.3) is 0 Å². The molecule has 2 nitrogen and oxygen atoms in total. The van der Waals surface area contributed by atoms with Gasteiger partial charge in [-0.05, 0) is 42.8 Å². The topological polar surface area (TPSA) is 6.48 Å². The van der Waals surface area contributed by atoms with Crippen LogP contribution in [0, 0.1) is 0 Å². The van der Waals surface area contributed by atoms with Crippen LogP contribution in [0.4, 0.5) is 11.4 Å². The van der Waals surface area contributed by atoms with E-state index >= 15 is 0 Å². The molecule has 0 aromatic heterocycles. The first-order valence-electron chi connectivity index (χ1n) is 8.13. The summed E-state index contributed by atoms with van der Waals surface area (Å²) >= 11 is 8.36. The van der Waals surface area contributed by atoms with Crippen molar-refractivity contribution >= 4 is 40.3 Å². The van der Waals surface area contributed by atoms with Gasteiger partial charge in [0.2, 0.25) is 0 Å². The molecular weight excluding hydrogens is 336 g/mol. The van der Waals surface area contributed by atoms with Crippen LogP contribution < -0.4 is 9.80 Å². The molecule has 0 amide bonds. The highest BCUT2D eigenvalue weighted by atomic mass is 35.5. The molecule has 0 fully saturated rings. The minimum atomic E-state index is 0.291. The van der Waals surface area contributed by atoms with Crippen molar-refractivity contribution in [3.8, 4) is 0 Å². The molecule has 0 aliphatic carbocycles. The van der Waals surface area contributed by atoms with E-state index in [0.717, 1.165) is 17.4 Å². The molecule has 2 heterocycles. The van der Waals surface area contributed by atoms with Crippen LogP contribution in [0.3, 0.4) is 0 Å². The van der Waals surface area contributed by atoms with E-state index in [4.69, 9.17) is 11.6 Å². The molecule has 4 heteroatoms. The summed E-state index contributed by atoms with van der Waals surface area (Å²) in [6.45, 7) is 3.19. The van der Waals surface area contributed by atoms with Crippen molar-refractivity contribution in [1.29, 1.82) is 0 Å². The van der Waals surface area contributed by atoms with Crippen molar-refractivity contribution in [2.24, 2.45) is 0 Å². The molecule has 0 saturated carbocycles. The summed E-state index contributed by atoms with van der Waals surface area (Å²) in [6.07, 6.45) is 4.41. The van der Waals surface area contributed by atoms with Gasteiger partial charge in [-0.15, -0.1) is 0 Å². The van der Waals surface area contributed by atoms with Gasteiger partial charge < -0.3 is 9.80 Å². The Bertz CT molecular complexity index is 843. The predicted octanol–water partition coefficient (Wildman–Crippen LogP) is 5.56. The molecule has 2 aliphatic heterocycles. The zero-order valence-electron chi connectivity index (χ0n) is 13.7. The van der Waals surface area contributed by atoms with E-state index in [9.17, 15) is 0 Å². The number of halogens is 1. The first-order valence-corrected chi connectivity index (χ1v) is 9.39. The number of rotatable bonds is 2. The second-order valence-electron chi connectivity index (χ2n) is 5.93. The fourth-order valence-corrected chi connectivity index (χ4v) is 4.86. The fraction of sp³-hybridized carbons (Fsp3) is 0.200. The molecule has 0 N–H and O–H groups in total. The average molecular weight is 355 g/mol. The number of nitrogens with zero attached hydrogens (tertiary/aromatic N) is 2. The van der Waals surface area contributed by atoms with Gasteiger partial charge >= 0.3 is 0 Å². The van der Waals surface area contributed by atoms with Gasteiger partial charge in [-0.1, -0.05) is 53.7 Å². The van der Waals surface area contributed by atoms with E-state index < -0.39 is 0 Å². The van der Waals surface area contributed by atoms with Crippen molar-refractivity contribution in [2.45, 2.75) is 17.2 Å². The van der Waals surface area contributed by atoms with Crippen LogP contribution in [0.5, 0.6) is 0 Å². The number of para-hydroxylation sites is 2. The highest BCUT2D eigenvalue weighted by molar-refractivity contribution is 8.00. The van der Waals surface area contributed by atoms with Gasteiger partial charge in [0.1, 0.15) is 5.16 Å². The zero-order valence-corrected chi connectivity index (χ0v) is 15.3. The van der Waals surface area contributed by atoms with Crippen LogP contribution in [-0.4, -0.2) is 19.0 Å². The Hall–Kier alpha value is -1.84. The van der Waals surface area contributed by atoms with E-state index in [1.807, 2.05) is 23.7 Å². The van der Waals surface area contributed by atoms with Gasteiger partial charge in [0, 0.05) is 29.7 Å². The molecule has 0 spiro atoms. The molecule has 4 rings (SSSR count). The Labute approximate surface area is 152 Å². The second-order valence-corrected chi connectivity index (χ2v) is 7.47. The lowest BCUT2D eigenvalue weighted by Gasteiger charge is -2.28. The average Bonchev–Trinajstić information content (AvgIpc) is 2.96. The zero-order chi connectivity index (χ0) is 16.7. The molecule has 24 heavy (non-hydrogen) atoms. The number of anilines is 2. The van der Waals surface area contributed by atoms with Crippen LogP contribution in [0.25, 0.3) is 5.57 Å². The number of likely N-dealkylation sites (N-methyl/N-ethyl adjacent to an activating group) is 1. The van der Waals surface area contributed by atoms with Gasteiger partial charge in [0.05, 0.1) is 11.1 Å². The molecule has 0 radical (unpaired) electrons. The first-order chi connectivity index (χ1) is 11.7. The van der Waals surface area contributed by atoms with Gasteiger partial charge in [0.15, 0.2) is 0 Å². The molecule has 122 valence electrons. The Balaban J connectivity index is 1.76. The maximum atomic E-state index is 6.46. The van der Waals surface area contributed by atoms with Crippen LogP contribution in [0.15, 0.2) is 70.7 Å². The van der Waals surface area contributed by atoms with Crippen molar-refractivity contribution in [3.05, 3.63) is 71.4 Å². The number of fused-ring (bicyclic) bond motifs is 2. The molecule has 1 atom stereocenters. The maximum Gasteiger partial charge on any atom is 0.109 e. The summed E-state index contributed by atoms with van der Waals surface area (Å²) in [5.74, 6) is 0. The third kappa shape index (κ3) is 2.52. The van der Waals surface area contributed by atoms with Crippen LogP contribution >= 0.6 is 23.4 Å². The summed E-state index contributed by atoms with van der Waals surface area (Å²) < 4.78 is 0. The van der Waals surface area contributed by atoms with E-state index in [0.29, 0.717) is 5.37 Å². The minimum absolute atomic E-state index is 0.291. The normalized spacial score (nSPS) is 20.9. The summed E-state index contributed by atoms with van der Waals surface area (Å²) in [4.78, 5) is 5.82. The molecule has 1 unspecified atom stereocenters. The highest BCUT2D eigenvalue weighted by Crippen LogP contribution is 2.45. The van der Waals surface area contributed by atoms with Gasteiger partial charge in [-0.25, -0.2) is 0 Å². The molecule has 2 aromatic carbocycles. The highest BCUT2D eigenvalue weighted by Gasteiger charge is 2.28. The fourth-order valence-electron chi connectivity index (χ4n) is 3.32. The lowest BCUT2D eigenvalue weighted by atomic mass is 9.99. The number of thioether (sulfide) groups is 1. The van der Waals surface area contributed by atoms with E-state index in [1.165, 1.54) is 21.7 Å².